The van der Waals surface area contributed by atoms with Crippen LogP contribution in [-0.4, -0.2) is 20.4 Å². The molecule has 0 bridgehead atoms. The number of hydrogen-bond donors (Lipinski definition) is 0. The normalized spacial score (nSPS) is 13.8. The van der Waals surface area contributed by atoms with E-state index in [1.54, 1.807) is 36.4 Å². The van der Waals surface area contributed by atoms with Crippen LogP contribution in [0.25, 0.3) is 10.8 Å². The summed E-state index contributed by atoms with van der Waals surface area (Å²) in [7, 11) is -4.13. The van der Waals surface area contributed by atoms with Gasteiger partial charge in [-0.15, -0.1) is 0 Å². The summed E-state index contributed by atoms with van der Waals surface area (Å²) in [4.78, 5) is 24.0. The monoisotopic (exact) mass is 494 g/mol. The zero-order valence-corrected chi connectivity index (χ0v) is 16.8. The Bertz CT molecular complexity index is 1230. The second kappa shape index (κ2) is 6.00. The fraction of sp³-hybridized carbons (Fsp3) is 0. The molecule has 0 saturated carbocycles. The maximum absolute atomic E-state index is 13.5. The predicted molar refractivity (Wildman–Crippen MR) is 101 cm³/mol. The first kappa shape index (κ1) is 17.4. The van der Waals surface area contributed by atoms with Crippen LogP contribution in [0.1, 0.15) is 20.7 Å². The number of ether oxygens (including phenoxy) is 1. The average Bonchev–Trinajstić information content (AvgIpc) is 2.88. The molecule has 0 radical (unpaired) electrons. The van der Waals surface area contributed by atoms with Gasteiger partial charge in [-0.05, 0) is 45.6 Å². The van der Waals surface area contributed by atoms with E-state index in [4.69, 9.17) is 0 Å². The molecule has 0 atom stereocenters. The molecule has 26 heavy (non-hydrogen) atoms. The van der Waals surface area contributed by atoms with E-state index in [9.17, 15) is 18.0 Å². The Labute approximate surface area is 165 Å². The van der Waals surface area contributed by atoms with Gasteiger partial charge in [0.15, 0.2) is 0 Å². The van der Waals surface area contributed by atoms with Gasteiger partial charge in [-0.1, -0.05) is 40.2 Å². The van der Waals surface area contributed by atoms with Crippen LogP contribution in [0.2, 0.25) is 0 Å². The van der Waals surface area contributed by atoms with Crippen LogP contribution in [0.3, 0.4) is 0 Å². The number of cyclic esters (lactones) is 2. The van der Waals surface area contributed by atoms with Gasteiger partial charge in [0, 0.05) is 14.3 Å². The fourth-order valence-electron chi connectivity index (χ4n) is 2.94. The molecule has 1 aliphatic rings. The zero-order chi connectivity index (χ0) is 18.6. The highest BCUT2D eigenvalue weighted by molar-refractivity contribution is 9.11. The standard InChI is InChI=1S/C18H8Br2O5S/c19-10-5-6-13(20)14(8-10)26(23,24)16-11-4-2-1-3-9(11)7-12-15(16)18(22)25-17(12)21/h1-8H. The van der Waals surface area contributed by atoms with Gasteiger partial charge in [-0.25, -0.2) is 18.0 Å². The molecule has 0 amide bonds. The highest BCUT2D eigenvalue weighted by atomic mass is 79.9. The minimum atomic E-state index is -4.13. The molecule has 130 valence electrons. The van der Waals surface area contributed by atoms with Crippen molar-refractivity contribution in [2.75, 3.05) is 0 Å². The minimum absolute atomic E-state index is 0.0161. The molecule has 5 nitrogen and oxygen atoms in total. The van der Waals surface area contributed by atoms with Gasteiger partial charge in [0.25, 0.3) is 0 Å². The number of halogens is 2. The Balaban J connectivity index is 2.18. The number of hydrogen-bond acceptors (Lipinski definition) is 5. The summed E-state index contributed by atoms with van der Waals surface area (Å²) in [6.45, 7) is 0. The van der Waals surface area contributed by atoms with Crippen LogP contribution >= 0.6 is 31.9 Å². The summed E-state index contributed by atoms with van der Waals surface area (Å²) in [5.41, 5.74) is -0.265. The van der Waals surface area contributed by atoms with Crippen molar-refractivity contribution < 1.29 is 22.7 Å². The van der Waals surface area contributed by atoms with Crippen molar-refractivity contribution in [3.8, 4) is 0 Å². The van der Waals surface area contributed by atoms with Crippen LogP contribution in [0.5, 0.6) is 0 Å². The van der Waals surface area contributed by atoms with E-state index in [1.807, 2.05) is 0 Å². The molecule has 0 unspecified atom stereocenters. The van der Waals surface area contributed by atoms with E-state index in [0.29, 0.717) is 19.7 Å². The third-order valence-electron chi connectivity index (χ3n) is 4.06. The van der Waals surface area contributed by atoms with Crippen molar-refractivity contribution in [2.24, 2.45) is 0 Å². The molecule has 0 fully saturated rings. The first-order valence-electron chi connectivity index (χ1n) is 7.33. The van der Waals surface area contributed by atoms with Gasteiger partial charge in [0.05, 0.1) is 20.9 Å². The highest BCUT2D eigenvalue weighted by Gasteiger charge is 2.39. The Morgan fingerprint density at radius 1 is 0.885 bits per heavy atom. The molecule has 0 aliphatic carbocycles. The molecular weight excluding hydrogens is 488 g/mol. The van der Waals surface area contributed by atoms with E-state index in [0.717, 1.165) is 0 Å². The van der Waals surface area contributed by atoms with Gasteiger partial charge in [-0.2, -0.15) is 0 Å². The number of carbonyl (C=O) groups is 2. The third kappa shape index (κ3) is 2.52. The summed E-state index contributed by atoms with van der Waals surface area (Å²) in [6, 6.07) is 12.9. The topological polar surface area (TPSA) is 77.5 Å². The van der Waals surface area contributed by atoms with E-state index in [1.165, 1.54) is 12.1 Å². The highest BCUT2D eigenvalue weighted by Crippen LogP contribution is 2.39. The van der Waals surface area contributed by atoms with E-state index in [2.05, 4.69) is 36.6 Å². The number of fused-ring (bicyclic) bond motifs is 2. The quantitative estimate of drug-likeness (QED) is 0.386. The first-order chi connectivity index (χ1) is 12.3. The molecule has 1 aliphatic heterocycles. The van der Waals surface area contributed by atoms with Crippen molar-refractivity contribution in [1.82, 2.24) is 0 Å². The summed E-state index contributed by atoms with van der Waals surface area (Å²) >= 11 is 6.52. The lowest BCUT2D eigenvalue weighted by atomic mass is 10.0. The second-order valence-electron chi connectivity index (χ2n) is 5.60. The first-order valence-corrected chi connectivity index (χ1v) is 10.4. The molecule has 0 saturated heterocycles. The Morgan fingerprint density at radius 2 is 1.62 bits per heavy atom. The van der Waals surface area contributed by atoms with Crippen LogP contribution < -0.4 is 0 Å². The van der Waals surface area contributed by atoms with Crippen molar-refractivity contribution >= 4 is 64.4 Å². The SMILES string of the molecule is O=C1OC(=O)c2c1cc1ccccc1c2S(=O)(=O)c1cc(Br)ccc1Br. The average molecular weight is 496 g/mol. The van der Waals surface area contributed by atoms with Crippen LogP contribution in [0.15, 0.2) is 67.3 Å². The van der Waals surface area contributed by atoms with Crippen molar-refractivity contribution in [3.05, 3.63) is 68.6 Å². The number of sulfone groups is 1. The molecule has 1 heterocycles. The molecule has 0 N–H and O–H groups in total. The van der Waals surface area contributed by atoms with E-state index >= 15 is 0 Å². The van der Waals surface area contributed by atoms with Gasteiger partial charge in [0.2, 0.25) is 9.84 Å². The number of esters is 2. The summed E-state index contributed by atoms with van der Waals surface area (Å²) < 4.78 is 32.5. The maximum atomic E-state index is 13.5. The molecule has 0 spiro atoms. The van der Waals surface area contributed by atoms with Crippen molar-refractivity contribution in [1.29, 1.82) is 0 Å². The largest absolute Gasteiger partial charge is 0.386 e. The smallest absolute Gasteiger partial charge is 0.348 e. The second-order valence-corrected chi connectivity index (χ2v) is 9.23. The number of benzene rings is 3. The minimum Gasteiger partial charge on any atom is -0.386 e. The lowest BCUT2D eigenvalue weighted by Crippen LogP contribution is -2.10. The summed E-state index contributed by atoms with van der Waals surface area (Å²) in [5, 5.41) is 0.882. The lowest BCUT2D eigenvalue weighted by Gasteiger charge is -2.13. The Hall–Kier alpha value is -2.03. The van der Waals surface area contributed by atoms with Crippen LogP contribution in [-0.2, 0) is 14.6 Å². The Kier molecular flexibility index (Phi) is 4.02. The van der Waals surface area contributed by atoms with Crippen LogP contribution in [0, 0.1) is 0 Å². The van der Waals surface area contributed by atoms with Gasteiger partial charge in [0.1, 0.15) is 0 Å². The molecule has 4 rings (SSSR count). The summed E-state index contributed by atoms with van der Waals surface area (Å²) in [6.07, 6.45) is 0. The zero-order valence-electron chi connectivity index (χ0n) is 12.8. The van der Waals surface area contributed by atoms with Gasteiger partial charge >= 0.3 is 11.9 Å². The molecule has 3 aromatic rings. The molecular formula is C18H8Br2O5S. The third-order valence-corrected chi connectivity index (χ3v) is 7.39. The molecule has 0 aromatic heterocycles. The molecule has 8 heteroatoms. The van der Waals surface area contributed by atoms with Crippen molar-refractivity contribution in [3.63, 3.8) is 0 Å². The van der Waals surface area contributed by atoms with E-state index < -0.39 is 21.8 Å². The summed E-state index contributed by atoms with van der Waals surface area (Å²) in [5.74, 6) is -1.80. The van der Waals surface area contributed by atoms with Crippen molar-refractivity contribution in [2.45, 2.75) is 9.79 Å². The lowest BCUT2D eigenvalue weighted by molar-refractivity contribution is 0.0442. The Morgan fingerprint density at radius 3 is 2.38 bits per heavy atom. The number of carbonyl (C=O) groups excluding carboxylic acids is 2. The number of rotatable bonds is 2. The fourth-order valence-corrected chi connectivity index (χ4v) is 6.10. The maximum Gasteiger partial charge on any atom is 0.348 e. The van der Waals surface area contributed by atoms with Crippen LogP contribution in [0.4, 0.5) is 0 Å². The van der Waals surface area contributed by atoms with Gasteiger partial charge < -0.3 is 4.74 Å². The van der Waals surface area contributed by atoms with E-state index in [-0.39, 0.29) is 20.9 Å². The van der Waals surface area contributed by atoms with Gasteiger partial charge in [-0.3, -0.25) is 0 Å². The predicted octanol–water partition coefficient (Wildman–Crippen LogP) is 4.51. The molecule has 3 aromatic carbocycles.